The van der Waals surface area contributed by atoms with Gasteiger partial charge in [0.15, 0.2) is 0 Å². The van der Waals surface area contributed by atoms with E-state index in [2.05, 4.69) is 5.64 Å². The molecule has 5 nitrogen and oxygen atoms in total. The van der Waals surface area contributed by atoms with Gasteiger partial charge in [-0.25, -0.2) is 0 Å². The van der Waals surface area contributed by atoms with Crippen LogP contribution in [-0.4, -0.2) is 36.6 Å². The first-order valence-corrected chi connectivity index (χ1v) is 3.62. The summed E-state index contributed by atoms with van der Waals surface area (Å²) in [6.07, 6.45) is 1.16. The molecule has 0 aliphatic carbocycles. The normalized spacial score (nSPS) is 10.4. The topological polar surface area (TPSA) is 71.0 Å². The Morgan fingerprint density at radius 2 is 1.36 bits per heavy atom. The fourth-order valence-corrected chi connectivity index (χ4v) is 0.398. The summed E-state index contributed by atoms with van der Waals surface area (Å²) in [5, 5.41) is 16.7. The van der Waals surface area contributed by atoms with Gasteiger partial charge in [-0.1, -0.05) is 5.64 Å². The zero-order valence-electron chi connectivity index (χ0n) is 6.45. The fourth-order valence-electron chi connectivity index (χ4n) is 0.398. The summed E-state index contributed by atoms with van der Waals surface area (Å²) < 4.78 is 0. The first kappa shape index (κ1) is 10.8. The van der Waals surface area contributed by atoms with Gasteiger partial charge in [0.05, 0.1) is 13.2 Å². The van der Waals surface area contributed by atoms with Gasteiger partial charge in [0.2, 0.25) is 0 Å². The largest absolute Gasteiger partial charge is 0.396 e. The van der Waals surface area contributed by atoms with Crippen molar-refractivity contribution in [2.75, 3.05) is 26.4 Å². The summed E-state index contributed by atoms with van der Waals surface area (Å²) in [6, 6.07) is 0. The van der Waals surface area contributed by atoms with Crippen molar-refractivity contribution in [3.8, 4) is 0 Å². The van der Waals surface area contributed by atoms with E-state index in [4.69, 9.17) is 19.9 Å². The van der Waals surface area contributed by atoms with Crippen LogP contribution in [0, 0.1) is 0 Å². The second kappa shape index (κ2) is 9.80. The van der Waals surface area contributed by atoms with Crippen LogP contribution in [0.1, 0.15) is 12.8 Å². The molecule has 0 aromatic rings. The molecule has 68 valence electrons. The molecule has 0 rings (SSSR count). The molecule has 5 heteroatoms. The van der Waals surface area contributed by atoms with Gasteiger partial charge in [0, 0.05) is 13.2 Å². The lowest BCUT2D eigenvalue weighted by atomic mass is 10.5. The summed E-state index contributed by atoms with van der Waals surface area (Å²) in [4.78, 5) is 9.41. The Morgan fingerprint density at radius 1 is 0.909 bits per heavy atom. The predicted octanol–water partition coefficient (Wildman–Crippen LogP) is -0.796. The summed E-state index contributed by atoms with van der Waals surface area (Å²) in [5.74, 6) is 0. The smallest absolute Gasteiger partial charge is 0.0730 e. The maximum Gasteiger partial charge on any atom is 0.0730 e. The van der Waals surface area contributed by atoms with Crippen molar-refractivity contribution in [2.45, 2.75) is 12.8 Å². The molecule has 0 aromatic heterocycles. The van der Waals surface area contributed by atoms with E-state index in [9.17, 15) is 0 Å². The molecular formula is C6H15NO4. The SMILES string of the molecule is OCCCONOCCCO. The molecule has 0 saturated heterocycles. The van der Waals surface area contributed by atoms with Crippen LogP contribution in [0.25, 0.3) is 0 Å². The second-order valence-electron chi connectivity index (χ2n) is 1.93. The lowest BCUT2D eigenvalue weighted by Crippen LogP contribution is -2.17. The number of aliphatic hydroxyl groups excluding tert-OH is 2. The number of nitrogens with one attached hydrogen (secondary N) is 1. The van der Waals surface area contributed by atoms with Gasteiger partial charge in [-0.05, 0) is 12.8 Å². The van der Waals surface area contributed by atoms with E-state index in [1.165, 1.54) is 0 Å². The van der Waals surface area contributed by atoms with Gasteiger partial charge in [0.25, 0.3) is 0 Å². The minimum atomic E-state index is 0.109. The standard InChI is InChI=1S/C6H15NO4/c8-3-1-5-10-7-11-6-2-4-9/h7-9H,1-6H2. The summed E-state index contributed by atoms with van der Waals surface area (Å²) >= 11 is 0. The third-order valence-electron chi connectivity index (χ3n) is 0.927. The van der Waals surface area contributed by atoms with Gasteiger partial charge in [-0.2, -0.15) is 0 Å². The lowest BCUT2D eigenvalue weighted by Gasteiger charge is -2.03. The van der Waals surface area contributed by atoms with Crippen LogP contribution in [0.2, 0.25) is 0 Å². The molecule has 0 spiro atoms. The van der Waals surface area contributed by atoms with Gasteiger partial charge in [-0.15, -0.1) is 0 Å². The predicted molar refractivity (Wildman–Crippen MR) is 38.4 cm³/mol. The van der Waals surface area contributed by atoms with Crippen molar-refractivity contribution in [1.82, 2.24) is 5.64 Å². The van der Waals surface area contributed by atoms with Gasteiger partial charge < -0.3 is 10.2 Å². The van der Waals surface area contributed by atoms with Crippen LogP contribution in [0.3, 0.4) is 0 Å². The van der Waals surface area contributed by atoms with Crippen LogP contribution in [0.5, 0.6) is 0 Å². The number of rotatable bonds is 8. The van der Waals surface area contributed by atoms with Crippen LogP contribution in [0.4, 0.5) is 0 Å². The Labute approximate surface area is 65.8 Å². The van der Waals surface area contributed by atoms with Crippen molar-refractivity contribution in [3.63, 3.8) is 0 Å². The zero-order chi connectivity index (χ0) is 8.36. The summed E-state index contributed by atoms with van der Waals surface area (Å²) in [6.45, 7) is 1.04. The minimum absolute atomic E-state index is 0.109. The van der Waals surface area contributed by atoms with E-state index in [-0.39, 0.29) is 13.2 Å². The molecule has 0 aromatic carbocycles. The van der Waals surface area contributed by atoms with Gasteiger partial charge in [0.1, 0.15) is 0 Å². The highest BCUT2D eigenvalue weighted by Gasteiger charge is 1.87. The summed E-state index contributed by atoms with van der Waals surface area (Å²) in [5.41, 5.74) is 2.23. The second-order valence-corrected chi connectivity index (χ2v) is 1.93. The highest BCUT2D eigenvalue weighted by Crippen LogP contribution is 1.79. The molecule has 0 fully saturated rings. The highest BCUT2D eigenvalue weighted by molar-refractivity contribution is 4.27. The third kappa shape index (κ3) is 9.80. The average molecular weight is 165 g/mol. The van der Waals surface area contributed by atoms with Crippen molar-refractivity contribution in [3.05, 3.63) is 0 Å². The Bertz CT molecular complexity index is 63.6. The molecule has 0 heterocycles. The molecule has 3 N–H and O–H groups in total. The maximum atomic E-state index is 8.33. The Balaban J connectivity index is 2.69. The molecule has 0 atom stereocenters. The summed E-state index contributed by atoms with van der Waals surface area (Å²) in [7, 11) is 0. The molecule has 11 heavy (non-hydrogen) atoms. The molecular weight excluding hydrogens is 150 g/mol. The van der Waals surface area contributed by atoms with Gasteiger partial charge >= 0.3 is 0 Å². The van der Waals surface area contributed by atoms with Crippen LogP contribution >= 0.6 is 0 Å². The molecule has 0 aliphatic rings. The molecule has 0 radical (unpaired) electrons. The monoisotopic (exact) mass is 165 g/mol. The van der Waals surface area contributed by atoms with E-state index in [0.29, 0.717) is 26.1 Å². The van der Waals surface area contributed by atoms with Crippen molar-refractivity contribution >= 4 is 0 Å². The maximum absolute atomic E-state index is 8.33. The van der Waals surface area contributed by atoms with Crippen molar-refractivity contribution < 1.29 is 19.9 Å². The van der Waals surface area contributed by atoms with E-state index in [1.807, 2.05) is 0 Å². The first-order chi connectivity index (χ1) is 5.41. The molecule has 0 aliphatic heterocycles. The number of hydrogen-bond acceptors (Lipinski definition) is 5. The lowest BCUT2D eigenvalue weighted by molar-refractivity contribution is -0.173. The van der Waals surface area contributed by atoms with Crippen LogP contribution in [-0.2, 0) is 9.68 Å². The van der Waals surface area contributed by atoms with Crippen LogP contribution < -0.4 is 5.64 Å². The Hall–Kier alpha value is -0.200. The highest BCUT2D eigenvalue weighted by atomic mass is 16.9. The minimum Gasteiger partial charge on any atom is -0.396 e. The van der Waals surface area contributed by atoms with Crippen molar-refractivity contribution in [2.24, 2.45) is 0 Å². The Kier molecular flexibility index (Phi) is 9.62. The van der Waals surface area contributed by atoms with Crippen molar-refractivity contribution in [1.29, 1.82) is 0 Å². The average Bonchev–Trinajstić information content (AvgIpc) is 2.03. The van der Waals surface area contributed by atoms with E-state index in [1.54, 1.807) is 0 Å². The zero-order valence-corrected chi connectivity index (χ0v) is 6.45. The molecule has 0 amide bonds. The molecule has 0 bridgehead atoms. The molecule has 0 saturated carbocycles. The van der Waals surface area contributed by atoms with E-state index < -0.39 is 0 Å². The quantitative estimate of drug-likeness (QED) is 0.324. The fraction of sp³-hybridized carbons (Fsp3) is 1.00. The number of aliphatic hydroxyl groups is 2. The van der Waals surface area contributed by atoms with Crippen LogP contribution in [0.15, 0.2) is 0 Å². The Morgan fingerprint density at radius 3 is 1.73 bits per heavy atom. The third-order valence-corrected chi connectivity index (χ3v) is 0.927. The number of hydrogen-bond donors (Lipinski definition) is 3. The molecule has 0 unspecified atom stereocenters. The van der Waals surface area contributed by atoms with Gasteiger partial charge in [-0.3, -0.25) is 9.68 Å². The van der Waals surface area contributed by atoms with E-state index >= 15 is 0 Å². The van der Waals surface area contributed by atoms with E-state index in [0.717, 1.165) is 0 Å². The first-order valence-electron chi connectivity index (χ1n) is 3.62.